The molecule has 18 heavy (non-hydrogen) atoms. The van der Waals surface area contributed by atoms with Crippen LogP contribution in [0.25, 0.3) is 0 Å². The SMILES string of the molecule is COC(=O)C(O)c1cc2c(c(C)c1Br)OCCO2. The number of aliphatic hydroxyl groups is 1. The second kappa shape index (κ2) is 5.16. The molecule has 0 aromatic heterocycles. The number of hydrogen-bond donors (Lipinski definition) is 1. The first-order chi connectivity index (χ1) is 8.56. The molecule has 1 aromatic rings. The fraction of sp³-hybridized carbons (Fsp3) is 0.417. The van der Waals surface area contributed by atoms with Gasteiger partial charge in [0.2, 0.25) is 0 Å². The normalized spacial score (nSPS) is 15.1. The number of carbonyl (C=O) groups excluding carboxylic acids is 1. The standard InChI is InChI=1S/C12H13BrO5/c1-6-9(13)7(10(14)12(15)16-2)5-8-11(6)18-4-3-17-8/h5,10,14H,3-4H2,1-2H3. The van der Waals surface area contributed by atoms with Crippen molar-refractivity contribution in [2.45, 2.75) is 13.0 Å². The number of fused-ring (bicyclic) bond motifs is 1. The molecular formula is C12H13BrO5. The van der Waals surface area contributed by atoms with Crippen LogP contribution in [0.15, 0.2) is 10.5 Å². The van der Waals surface area contributed by atoms with E-state index in [2.05, 4.69) is 20.7 Å². The van der Waals surface area contributed by atoms with E-state index >= 15 is 0 Å². The number of aliphatic hydroxyl groups excluding tert-OH is 1. The molecule has 0 aliphatic carbocycles. The van der Waals surface area contributed by atoms with Crippen molar-refractivity contribution in [2.75, 3.05) is 20.3 Å². The van der Waals surface area contributed by atoms with Crippen molar-refractivity contribution in [1.29, 1.82) is 0 Å². The van der Waals surface area contributed by atoms with Gasteiger partial charge in [0.15, 0.2) is 17.6 Å². The van der Waals surface area contributed by atoms with E-state index in [-0.39, 0.29) is 0 Å². The zero-order valence-electron chi connectivity index (χ0n) is 10.0. The zero-order valence-corrected chi connectivity index (χ0v) is 11.6. The van der Waals surface area contributed by atoms with Crippen LogP contribution in [0.5, 0.6) is 11.5 Å². The van der Waals surface area contributed by atoms with Crippen molar-refractivity contribution in [3.05, 3.63) is 21.7 Å². The summed E-state index contributed by atoms with van der Waals surface area (Å²) < 4.78 is 16.1. The summed E-state index contributed by atoms with van der Waals surface area (Å²) in [6.07, 6.45) is -1.35. The smallest absolute Gasteiger partial charge is 0.339 e. The van der Waals surface area contributed by atoms with E-state index in [0.717, 1.165) is 5.56 Å². The van der Waals surface area contributed by atoms with Crippen LogP contribution in [0.3, 0.4) is 0 Å². The Morgan fingerprint density at radius 3 is 2.83 bits per heavy atom. The Kier molecular flexibility index (Phi) is 3.77. The lowest BCUT2D eigenvalue weighted by Crippen LogP contribution is -2.19. The van der Waals surface area contributed by atoms with Crippen molar-refractivity contribution in [2.24, 2.45) is 0 Å². The van der Waals surface area contributed by atoms with Crippen molar-refractivity contribution < 1.29 is 24.1 Å². The average molecular weight is 317 g/mol. The molecule has 0 saturated carbocycles. The van der Waals surface area contributed by atoms with Gasteiger partial charge in [-0.2, -0.15) is 0 Å². The summed E-state index contributed by atoms with van der Waals surface area (Å²) in [6.45, 7) is 2.76. The number of methoxy groups -OCH3 is 1. The molecule has 1 aliphatic rings. The fourth-order valence-electron chi connectivity index (χ4n) is 1.79. The van der Waals surface area contributed by atoms with Gasteiger partial charge in [0, 0.05) is 15.6 Å². The molecule has 0 saturated heterocycles. The number of esters is 1. The molecule has 0 bridgehead atoms. The predicted molar refractivity (Wildman–Crippen MR) is 66.8 cm³/mol. The molecule has 1 aliphatic heterocycles. The summed E-state index contributed by atoms with van der Waals surface area (Å²) in [6, 6.07) is 1.59. The van der Waals surface area contributed by atoms with E-state index in [1.807, 2.05) is 6.92 Å². The number of carbonyl (C=O) groups is 1. The van der Waals surface area contributed by atoms with Crippen LogP contribution in [0.1, 0.15) is 17.2 Å². The van der Waals surface area contributed by atoms with E-state index in [1.165, 1.54) is 7.11 Å². The van der Waals surface area contributed by atoms with E-state index < -0.39 is 12.1 Å². The second-order valence-electron chi connectivity index (χ2n) is 3.85. The first-order valence-electron chi connectivity index (χ1n) is 5.40. The Morgan fingerprint density at radius 2 is 2.17 bits per heavy atom. The Balaban J connectivity index is 2.49. The van der Waals surface area contributed by atoms with Crippen molar-refractivity contribution in [1.82, 2.24) is 0 Å². The largest absolute Gasteiger partial charge is 0.486 e. The topological polar surface area (TPSA) is 65.0 Å². The summed E-state index contributed by atoms with van der Waals surface area (Å²) >= 11 is 3.35. The van der Waals surface area contributed by atoms with Gasteiger partial charge in [-0.3, -0.25) is 0 Å². The van der Waals surface area contributed by atoms with E-state index in [0.29, 0.717) is 34.7 Å². The van der Waals surface area contributed by atoms with Crippen molar-refractivity contribution >= 4 is 21.9 Å². The minimum absolute atomic E-state index is 0.406. The molecule has 5 nitrogen and oxygen atoms in total. The summed E-state index contributed by atoms with van der Waals surface area (Å²) in [4.78, 5) is 11.4. The number of rotatable bonds is 2. The highest BCUT2D eigenvalue weighted by molar-refractivity contribution is 9.10. The summed E-state index contributed by atoms with van der Waals surface area (Å²) in [5, 5.41) is 9.89. The fourth-order valence-corrected chi connectivity index (χ4v) is 2.30. The van der Waals surface area contributed by atoms with Crippen LogP contribution in [0, 0.1) is 6.92 Å². The van der Waals surface area contributed by atoms with Crippen LogP contribution in [-0.4, -0.2) is 31.4 Å². The molecule has 0 radical (unpaired) electrons. The number of hydrogen-bond acceptors (Lipinski definition) is 5. The van der Waals surface area contributed by atoms with E-state index in [1.54, 1.807) is 6.07 Å². The van der Waals surface area contributed by atoms with Crippen LogP contribution < -0.4 is 9.47 Å². The van der Waals surface area contributed by atoms with Crippen LogP contribution in [0.4, 0.5) is 0 Å². The van der Waals surface area contributed by atoms with Crippen molar-refractivity contribution in [3.63, 3.8) is 0 Å². The minimum Gasteiger partial charge on any atom is -0.486 e. The summed E-state index contributed by atoms with van der Waals surface area (Å²) in [5.41, 5.74) is 1.19. The van der Waals surface area contributed by atoms with Gasteiger partial charge in [-0.15, -0.1) is 0 Å². The van der Waals surface area contributed by atoms with Gasteiger partial charge < -0.3 is 19.3 Å². The third kappa shape index (κ3) is 2.18. The molecule has 0 amide bonds. The highest BCUT2D eigenvalue weighted by atomic mass is 79.9. The zero-order chi connectivity index (χ0) is 13.3. The number of benzene rings is 1. The predicted octanol–water partition coefficient (Wildman–Crippen LogP) is 1.74. The highest BCUT2D eigenvalue weighted by Crippen LogP contribution is 2.42. The van der Waals surface area contributed by atoms with Gasteiger partial charge in [0.1, 0.15) is 13.2 Å². The monoisotopic (exact) mass is 316 g/mol. The van der Waals surface area contributed by atoms with Crippen molar-refractivity contribution in [3.8, 4) is 11.5 Å². The molecule has 0 spiro atoms. The average Bonchev–Trinajstić information content (AvgIpc) is 2.41. The first-order valence-corrected chi connectivity index (χ1v) is 6.20. The minimum atomic E-state index is -1.35. The molecule has 0 fully saturated rings. The van der Waals surface area contributed by atoms with Gasteiger partial charge in [0.05, 0.1) is 7.11 Å². The molecule has 1 atom stereocenters. The number of halogens is 1. The Hall–Kier alpha value is -1.27. The lowest BCUT2D eigenvalue weighted by Gasteiger charge is -2.23. The van der Waals surface area contributed by atoms with E-state index in [9.17, 15) is 9.90 Å². The molecule has 1 aromatic carbocycles. The number of ether oxygens (including phenoxy) is 3. The van der Waals surface area contributed by atoms with Gasteiger partial charge >= 0.3 is 5.97 Å². The second-order valence-corrected chi connectivity index (χ2v) is 4.65. The van der Waals surface area contributed by atoms with Crippen LogP contribution in [-0.2, 0) is 9.53 Å². The summed E-state index contributed by atoms with van der Waals surface area (Å²) in [5.74, 6) is 0.445. The molecule has 1 unspecified atom stereocenters. The van der Waals surface area contributed by atoms with Gasteiger partial charge in [-0.25, -0.2) is 4.79 Å². The Morgan fingerprint density at radius 1 is 1.50 bits per heavy atom. The maximum absolute atomic E-state index is 11.4. The molecule has 1 N–H and O–H groups in total. The molecule has 1 heterocycles. The summed E-state index contributed by atoms with van der Waals surface area (Å²) in [7, 11) is 1.23. The van der Waals surface area contributed by atoms with Crippen LogP contribution >= 0.6 is 15.9 Å². The third-order valence-corrected chi connectivity index (χ3v) is 3.79. The van der Waals surface area contributed by atoms with Crippen LogP contribution in [0.2, 0.25) is 0 Å². The maximum Gasteiger partial charge on any atom is 0.339 e. The highest BCUT2D eigenvalue weighted by Gasteiger charge is 2.26. The molecule has 6 heteroatoms. The molecule has 98 valence electrons. The van der Waals surface area contributed by atoms with Gasteiger partial charge in [-0.1, -0.05) is 0 Å². The van der Waals surface area contributed by atoms with E-state index in [4.69, 9.17) is 9.47 Å². The molecular weight excluding hydrogens is 304 g/mol. The first kappa shape index (κ1) is 13.2. The molecule has 2 rings (SSSR count). The Labute approximate surface area is 113 Å². The third-order valence-electron chi connectivity index (χ3n) is 2.74. The Bertz CT molecular complexity index is 486. The lowest BCUT2D eigenvalue weighted by molar-refractivity contribution is -0.150. The quantitative estimate of drug-likeness (QED) is 0.842. The van der Waals surface area contributed by atoms with Gasteiger partial charge in [-0.05, 0) is 28.9 Å². The maximum atomic E-state index is 11.4. The lowest BCUT2D eigenvalue weighted by atomic mass is 10.0. The van der Waals surface area contributed by atoms with Gasteiger partial charge in [0.25, 0.3) is 0 Å².